The number of thioether (sulfide) groups is 1. The van der Waals surface area contributed by atoms with Crippen LogP contribution in [-0.2, 0) is 11.2 Å². The minimum Gasteiger partial charge on any atom is -0.399 e. The molecule has 0 fully saturated rings. The number of hydrogen-bond donors (Lipinski definition) is 3. The number of aryl methyl sites for hydroxylation is 1. The molecule has 1 atom stereocenters. The van der Waals surface area contributed by atoms with E-state index in [4.69, 9.17) is 5.73 Å². The summed E-state index contributed by atoms with van der Waals surface area (Å²) < 4.78 is 0. The van der Waals surface area contributed by atoms with E-state index in [0.717, 1.165) is 22.6 Å². The number of carbonyl (C=O) groups excluding carboxylic acids is 2. The fourth-order valence-electron chi connectivity index (χ4n) is 2.67. The second-order valence-electron chi connectivity index (χ2n) is 6.46. The molecule has 2 aromatic carbocycles. The average Bonchev–Trinajstić information content (AvgIpc) is 2.66. The molecule has 0 aliphatic rings. The molecule has 0 saturated heterocycles. The molecule has 2 amide bonds. The van der Waals surface area contributed by atoms with Crippen LogP contribution in [0.3, 0.4) is 0 Å². The zero-order valence-corrected chi connectivity index (χ0v) is 16.6. The molecular formula is C21H27N3O2S. The van der Waals surface area contributed by atoms with Crippen LogP contribution >= 0.6 is 11.8 Å². The van der Waals surface area contributed by atoms with Crippen LogP contribution < -0.4 is 16.4 Å². The molecule has 4 N–H and O–H groups in total. The van der Waals surface area contributed by atoms with Gasteiger partial charge in [0, 0.05) is 17.8 Å². The van der Waals surface area contributed by atoms with Crippen molar-refractivity contribution in [3.63, 3.8) is 0 Å². The maximum absolute atomic E-state index is 12.6. The molecule has 0 aliphatic carbocycles. The van der Waals surface area contributed by atoms with Crippen LogP contribution in [0.1, 0.15) is 27.9 Å². The van der Waals surface area contributed by atoms with Gasteiger partial charge in [0.1, 0.15) is 6.04 Å². The molecule has 2 aromatic rings. The standard InChI is InChI=1S/C21H27N3O2S/c1-15-4-3-5-17(14-15)20(25)24-19(11-13-27-2)21(26)23-12-10-16-6-8-18(22)9-7-16/h3-9,14,19H,10-13,22H2,1-2H3,(H,23,26)(H,24,25). The highest BCUT2D eigenvalue weighted by Crippen LogP contribution is 2.08. The van der Waals surface area contributed by atoms with E-state index >= 15 is 0 Å². The summed E-state index contributed by atoms with van der Waals surface area (Å²) in [6.07, 6.45) is 3.29. The zero-order valence-electron chi connectivity index (χ0n) is 15.8. The lowest BCUT2D eigenvalue weighted by molar-refractivity contribution is -0.122. The summed E-state index contributed by atoms with van der Waals surface area (Å²) in [6, 6.07) is 14.4. The highest BCUT2D eigenvalue weighted by atomic mass is 32.2. The number of rotatable bonds is 9. The predicted molar refractivity (Wildman–Crippen MR) is 113 cm³/mol. The van der Waals surface area contributed by atoms with Crippen molar-refractivity contribution in [2.45, 2.75) is 25.8 Å². The topological polar surface area (TPSA) is 84.2 Å². The SMILES string of the molecule is CSCCC(NC(=O)c1cccc(C)c1)C(=O)NCCc1ccc(N)cc1. The van der Waals surface area contributed by atoms with E-state index < -0.39 is 6.04 Å². The number of amides is 2. The van der Waals surface area contributed by atoms with Gasteiger partial charge in [-0.2, -0.15) is 11.8 Å². The zero-order chi connectivity index (χ0) is 19.6. The van der Waals surface area contributed by atoms with Gasteiger partial charge in [0.15, 0.2) is 0 Å². The van der Waals surface area contributed by atoms with Crippen molar-refractivity contribution < 1.29 is 9.59 Å². The minimum atomic E-state index is -0.545. The van der Waals surface area contributed by atoms with E-state index in [1.165, 1.54) is 0 Å². The first kappa shape index (κ1) is 20.8. The summed E-state index contributed by atoms with van der Waals surface area (Å²) in [4.78, 5) is 25.1. The average molecular weight is 386 g/mol. The molecule has 2 rings (SSSR count). The maximum Gasteiger partial charge on any atom is 0.251 e. The summed E-state index contributed by atoms with van der Waals surface area (Å²) in [6.45, 7) is 2.45. The number of carbonyl (C=O) groups is 2. The van der Waals surface area contributed by atoms with E-state index in [1.54, 1.807) is 17.8 Å². The molecular weight excluding hydrogens is 358 g/mol. The second kappa shape index (κ2) is 10.6. The Balaban J connectivity index is 1.92. The van der Waals surface area contributed by atoms with Crippen molar-refractivity contribution in [3.05, 3.63) is 65.2 Å². The van der Waals surface area contributed by atoms with Gasteiger partial charge in [0.2, 0.25) is 5.91 Å². The van der Waals surface area contributed by atoms with E-state index in [2.05, 4.69) is 10.6 Å². The number of anilines is 1. The summed E-state index contributed by atoms with van der Waals surface area (Å²) >= 11 is 1.65. The molecule has 0 heterocycles. The largest absolute Gasteiger partial charge is 0.399 e. The lowest BCUT2D eigenvalue weighted by Gasteiger charge is -2.18. The number of hydrogen-bond acceptors (Lipinski definition) is 4. The second-order valence-corrected chi connectivity index (χ2v) is 7.45. The number of benzene rings is 2. The van der Waals surface area contributed by atoms with Crippen LogP contribution in [0.5, 0.6) is 0 Å². The lowest BCUT2D eigenvalue weighted by atomic mass is 10.1. The fourth-order valence-corrected chi connectivity index (χ4v) is 3.14. The summed E-state index contributed by atoms with van der Waals surface area (Å²) in [5.74, 6) is 0.420. The normalized spacial score (nSPS) is 11.6. The highest BCUT2D eigenvalue weighted by Gasteiger charge is 2.20. The van der Waals surface area contributed by atoms with E-state index in [-0.39, 0.29) is 11.8 Å². The van der Waals surface area contributed by atoms with Crippen LogP contribution in [0, 0.1) is 6.92 Å². The van der Waals surface area contributed by atoms with Crippen molar-refractivity contribution in [2.24, 2.45) is 0 Å². The predicted octanol–water partition coefficient (Wildman–Crippen LogP) is 2.79. The Morgan fingerprint density at radius 3 is 2.56 bits per heavy atom. The van der Waals surface area contributed by atoms with E-state index in [1.807, 2.05) is 55.6 Å². The first-order valence-corrected chi connectivity index (χ1v) is 10.4. The number of nitrogens with two attached hydrogens (primary N) is 1. The number of nitrogens with one attached hydrogen (secondary N) is 2. The van der Waals surface area contributed by atoms with Crippen LogP contribution in [0.4, 0.5) is 5.69 Å². The van der Waals surface area contributed by atoms with E-state index in [0.29, 0.717) is 24.9 Å². The van der Waals surface area contributed by atoms with Gasteiger partial charge in [-0.15, -0.1) is 0 Å². The molecule has 6 heteroatoms. The Bertz CT molecular complexity index is 762. The van der Waals surface area contributed by atoms with Gasteiger partial charge >= 0.3 is 0 Å². The van der Waals surface area contributed by atoms with Crippen LogP contribution in [0.25, 0.3) is 0 Å². The molecule has 0 aromatic heterocycles. The fraction of sp³-hybridized carbons (Fsp3) is 0.333. The maximum atomic E-state index is 12.6. The minimum absolute atomic E-state index is 0.152. The van der Waals surface area contributed by atoms with Gasteiger partial charge in [-0.05, 0) is 61.6 Å². The van der Waals surface area contributed by atoms with Gasteiger partial charge in [0.25, 0.3) is 5.91 Å². The molecule has 0 saturated carbocycles. The van der Waals surface area contributed by atoms with Crippen LogP contribution in [0.15, 0.2) is 48.5 Å². The smallest absolute Gasteiger partial charge is 0.251 e. The molecule has 1 unspecified atom stereocenters. The van der Waals surface area contributed by atoms with Gasteiger partial charge in [-0.1, -0.05) is 29.8 Å². The molecule has 0 radical (unpaired) electrons. The highest BCUT2D eigenvalue weighted by molar-refractivity contribution is 7.98. The van der Waals surface area contributed by atoms with Crippen molar-refractivity contribution >= 4 is 29.3 Å². The third-order valence-electron chi connectivity index (χ3n) is 4.21. The summed E-state index contributed by atoms with van der Waals surface area (Å²) in [5.41, 5.74) is 9.09. The van der Waals surface area contributed by atoms with Gasteiger partial charge in [-0.3, -0.25) is 9.59 Å². The van der Waals surface area contributed by atoms with Crippen LogP contribution in [-0.4, -0.2) is 36.4 Å². The Hall–Kier alpha value is -2.47. The van der Waals surface area contributed by atoms with Crippen molar-refractivity contribution in [1.82, 2.24) is 10.6 Å². The Labute approximate surface area is 165 Å². The lowest BCUT2D eigenvalue weighted by Crippen LogP contribution is -2.47. The Morgan fingerprint density at radius 1 is 1.15 bits per heavy atom. The Morgan fingerprint density at radius 2 is 1.89 bits per heavy atom. The first-order chi connectivity index (χ1) is 13.0. The van der Waals surface area contributed by atoms with Gasteiger partial charge < -0.3 is 16.4 Å². The summed E-state index contributed by atoms with van der Waals surface area (Å²) in [5, 5.41) is 5.80. The molecule has 0 aliphatic heterocycles. The quantitative estimate of drug-likeness (QED) is 0.580. The number of nitrogen functional groups attached to an aromatic ring is 1. The third-order valence-corrected chi connectivity index (χ3v) is 4.85. The Kier molecular flexibility index (Phi) is 8.20. The van der Waals surface area contributed by atoms with Crippen molar-refractivity contribution in [1.29, 1.82) is 0 Å². The van der Waals surface area contributed by atoms with Crippen molar-refractivity contribution in [2.75, 3.05) is 24.3 Å². The summed E-state index contributed by atoms with van der Waals surface area (Å²) in [7, 11) is 0. The molecule has 0 spiro atoms. The van der Waals surface area contributed by atoms with Gasteiger partial charge in [0.05, 0.1) is 0 Å². The van der Waals surface area contributed by atoms with Crippen LogP contribution in [0.2, 0.25) is 0 Å². The molecule has 5 nitrogen and oxygen atoms in total. The van der Waals surface area contributed by atoms with E-state index in [9.17, 15) is 9.59 Å². The van der Waals surface area contributed by atoms with Crippen molar-refractivity contribution in [3.8, 4) is 0 Å². The monoisotopic (exact) mass is 385 g/mol. The van der Waals surface area contributed by atoms with Gasteiger partial charge in [-0.25, -0.2) is 0 Å². The third kappa shape index (κ3) is 6.98. The first-order valence-electron chi connectivity index (χ1n) is 8.98. The molecule has 144 valence electrons. The molecule has 0 bridgehead atoms. The molecule has 27 heavy (non-hydrogen) atoms.